The van der Waals surface area contributed by atoms with Crippen LogP contribution >= 0.6 is 0 Å². The van der Waals surface area contributed by atoms with E-state index in [9.17, 15) is 19.5 Å². The lowest BCUT2D eigenvalue weighted by atomic mass is 10.1. The number of amides is 1. The average molecular weight is 390 g/mol. The second kappa shape index (κ2) is 8.89. The van der Waals surface area contributed by atoms with Gasteiger partial charge in [0.1, 0.15) is 17.4 Å². The number of benzene rings is 1. The first-order valence-corrected chi connectivity index (χ1v) is 8.47. The molecule has 1 atom stereocenters. The summed E-state index contributed by atoms with van der Waals surface area (Å²) in [5.41, 5.74) is 4.81. The van der Waals surface area contributed by atoms with Crippen molar-refractivity contribution in [2.45, 2.75) is 25.8 Å². The van der Waals surface area contributed by atoms with E-state index >= 15 is 0 Å². The van der Waals surface area contributed by atoms with E-state index in [-0.39, 0.29) is 30.2 Å². The van der Waals surface area contributed by atoms with E-state index in [1.54, 1.807) is 12.1 Å². The highest BCUT2D eigenvalue weighted by Gasteiger charge is 2.30. The van der Waals surface area contributed by atoms with Crippen molar-refractivity contribution in [1.29, 1.82) is 5.41 Å². The first-order valence-electron chi connectivity index (χ1n) is 8.47. The summed E-state index contributed by atoms with van der Waals surface area (Å²) in [5.74, 6) is -1.52. The molecule has 10 heteroatoms. The Labute approximate surface area is 160 Å². The minimum absolute atomic E-state index is 0.0903. The molecule has 0 radical (unpaired) electrons. The zero-order valence-corrected chi connectivity index (χ0v) is 15.5. The van der Waals surface area contributed by atoms with Gasteiger partial charge in [0.15, 0.2) is 5.96 Å². The molecule has 2 aromatic rings. The SMILES string of the molecule is COc1ccc2c(N(C(C)=O)C(CCCNC(=N)N)C(=O)O)cc(=O)oc2c1. The van der Waals surface area contributed by atoms with E-state index in [2.05, 4.69) is 5.32 Å². The number of anilines is 1. The van der Waals surface area contributed by atoms with Crippen LogP contribution in [0.3, 0.4) is 0 Å². The number of carboxylic acids is 1. The van der Waals surface area contributed by atoms with Crippen LogP contribution in [0.5, 0.6) is 5.75 Å². The first kappa shape index (κ1) is 20.7. The number of aliphatic carboxylic acids is 1. The average Bonchev–Trinajstić information content (AvgIpc) is 2.62. The number of fused-ring (bicyclic) bond motifs is 1. The first-order chi connectivity index (χ1) is 13.2. The van der Waals surface area contributed by atoms with Gasteiger partial charge in [0.05, 0.1) is 12.8 Å². The summed E-state index contributed by atoms with van der Waals surface area (Å²) in [6.45, 7) is 1.51. The molecule has 0 saturated carbocycles. The van der Waals surface area contributed by atoms with Gasteiger partial charge in [-0.05, 0) is 25.0 Å². The van der Waals surface area contributed by atoms with Gasteiger partial charge in [0.25, 0.3) is 0 Å². The van der Waals surface area contributed by atoms with Crippen LogP contribution in [-0.2, 0) is 9.59 Å². The molecule has 1 amide bonds. The Morgan fingerprint density at radius 3 is 2.68 bits per heavy atom. The van der Waals surface area contributed by atoms with Crippen LogP contribution in [0.15, 0.2) is 33.5 Å². The van der Waals surface area contributed by atoms with Crippen molar-refractivity contribution in [3.05, 3.63) is 34.7 Å². The summed E-state index contributed by atoms with van der Waals surface area (Å²) in [6, 6.07) is 4.60. The summed E-state index contributed by atoms with van der Waals surface area (Å²) in [4.78, 5) is 37.3. The van der Waals surface area contributed by atoms with Gasteiger partial charge in [-0.15, -0.1) is 0 Å². The molecule has 10 nitrogen and oxygen atoms in total. The molecule has 0 aliphatic heterocycles. The molecule has 0 fully saturated rings. The van der Waals surface area contributed by atoms with Crippen molar-refractivity contribution in [1.82, 2.24) is 5.32 Å². The largest absolute Gasteiger partial charge is 0.497 e. The number of hydrogen-bond acceptors (Lipinski definition) is 6. The van der Waals surface area contributed by atoms with Gasteiger partial charge in [0.2, 0.25) is 5.91 Å². The van der Waals surface area contributed by atoms with E-state index < -0.39 is 23.5 Å². The quantitative estimate of drug-likeness (QED) is 0.224. The maximum Gasteiger partial charge on any atom is 0.338 e. The maximum absolute atomic E-state index is 12.3. The molecule has 28 heavy (non-hydrogen) atoms. The fraction of sp³-hybridized carbons (Fsp3) is 0.333. The topological polar surface area (TPSA) is 159 Å². The molecule has 0 bridgehead atoms. The predicted molar refractivity (Wildman–Crippen MR) is 103 cm³/mol. The Bertz CT molecular complexity index is 955. The van der Waals surface area contributed by atoms with Crippen molar-refractivity contribution in [2.24, 2.45) is 5.73 Å². The van der Waals surface area contributed by atoms with Gasteiger partial charge in [-0.2, -0.15) is 0 Å². The van der Waals surface area contributed by atoms with E-state index in [0.717, 1.165) is 11.0 Å². The van der Waals surface area contributed by atoms with E-state index in [1.165, 1.54) is 20.1 Å². The number of rotatable bonds is 8. The van der Waals surface area contributed by atoms with Gasteiger partial charge in [-0.25, -0.2) is 9.59 Å². The Morgan fingerprint density at radius 2 is 2.11 bits per heavy atom. The molecule has 1 unspecified atom stereocenters. The van der Waals surface area contributed by atoms with Crippen molar-refractivity contribution >= 4 is 34.5 Å². The lowest BCUT2D eigenvalue weighted by molar-refractivity contribution is -0.140. The van der Waals surface area contributed by atoms with Crippen LogP contribution in [0.1, 0.15) is 19.8 Å². The van der Waals surface area contributed by atoms with Crippen LogP contribution in [0, 0.1) is 5.41 Å². The molecule has 1 aromatic carbocycles. The smallest absolute Gasteiger partial charge is 0.338 e. The molecular formula is C18H22N4O6. The van der Waals surface area contributed by atoms with Crippen LogP contribution < -0.4 is 26.3 Å². The lowest BCUT2D eigenvalue weighted by Crippen LogP contribution is -2.45. The Morgan fingerprint density at radius 1 is 1.39 bits per heavy atom. The molecule has 2 rings (SSSR count). The highest BCUT2D eigenvalue weighted by atomic mass is 16.5. The number of carboxylic acid groups (broad SMARTS) is 1. The molecular weight excluding hydrogens is 368 g/mol. The number of hydrogen-bond donors (Lipinski definition) is 4. The molecule has 1 heterocycles. The summed E-state index contributed by atoms with van der Waals surface area (Å²) >= 11 is 0. The van der Waals surface area contributed by atoms with Crippen molar-refractivity contribution in [3.8, 4) is 5.75 Å². The van der Waals surface area contributed by atoms with Crippen molar-refractivity contribution < 1.29 is 23.8 Å². The van der Waals surface area contributed by atoms with Gasteiger partial charge in [0, 0.05) is 31.0 Å². The zero-order valence-electron chi connectivity index (χ0n) is 15.5. The van der Waals surface area contributed by atoms with Gasteiger partial charge < -0.3 is 25.3 Å². The number of ether oxygens (including phenoxy) is 1. The third-order valence-electron chi connectivity index (χ3n) is 4.10. The molecule has 0 aliphatic carbocycles. The minimum Gasteiger partial charge on any atom is -0.497 e. The maximum atomic E-state index is 12.3. The molecule has 150 valence electrons. The Hall–Kier alpha value is -3.56. The number of carbonyl (C=O) groups is 2. The molecule has 1 aromatic heterocycles. The predicted octanol–water partition coefficient (Wildman–Crippen LogP) is 0.871. The van der Waals surface area contributed by atoms with Gasteiger partial charge in [-0.1, -0.05) is 0 Å². The fourth-order valence-corrected chi connectivity index (χ4v) is 2.89. The van der Waals surface area contributed by atoms with E-state index in [1.807, 2.05) is 0 Å². The van der Waals surface area contributed by atoms with Gasteiger partial charge in [-0.3, -0.25) is 15.1 Å². The summed E-state index contributed by atoms with van der Waals surface area (Å²) in [6.07, 6.45) is 0.431. The summed E-state index contributed by atoms with van der Waals surface area (Å²) in [5, 5.41) is 19.8. The Kier molecular flexibility index (Phi) is 6.59. The number of nitrogens with one attached hydrogen (secondary N) is 2. The second-order valence-electron chi connectivity index (χ2n) is 6.04. The summed E-state index contributed by atoms with van der Waals surface area (Å²) < 4.78 is 10.3. The van der Waals surface area contributed by atoms with Crippen LogP contribution in [0.4, 0.5) is 5.69 Å². The third-order valence-corrected chi connectivity index (χ3v) is 4.10. The molecule has 5 N–H and O–H groups in total. The minimum atomic E-state index is -1.21. The van der Waals surface area contributed by atoms with Gasteiger partial charge >= 0.3 is 11.6 Å². The monoisotopic (exact) mass is 390 g/mol. The van der Waals surface area contributed by atoms with Crippen LogP contribution in [0.25, 0.3) is 11.0 Å². The fourth-order valence-electron chi connectivity index (χ4n) is 2.89. The zero-order chi connectivity index (χ0) is 20.8. The number of nitrogens with two attached hydrogens (primary N) is 1. The number of nitrogens with zero attached hydrogens (tertiary/aromatic N) is 1. The van der Waals surface area contributed by atoms with Crippen molar-refractivity contribution in [2.75, 3.05) is 18.6 Å². The highest BCUT2D eigenvalue weighted by Crippen LogP contribution is 2.30. The van der Waals surface area contributed by atoms with E-state index in [4.69, 9.17) is 20.3 Å². The number of guanidine groups is 1. The third kappa shape index (κ3) is 4.78. The number of carbonyl (C=O) groups excluding carboxylic acids is 1. The van der Waals surface area contributed by atoms with E-state index in [0.29, 0.717) is 17.6 Å². The lowest BCUT2D eigenvalue weighted by Gasteiger charge is -2.28. The molecule has 0 spiro atoms. The Balaban J connectivity index is 2.48. The highest BCUT2D eigenvalue weighted by molar-refractivity contribution is 6.04. The second-order valence-corrected chi connectivity index (χ2v) is 6.04. The van der Waals surface area contributed by atoms with Crippen LogP contribution in [-0.4, -0.2) is 42.6 Å². The number of methoxy groups -OCH3 is 1. The van der Waals surface area contributed by atoms with Crippen LogP contribution in [0.2, 0.25) is 0 Å². The van der Waals surface area contributed by atoms with Crippen molar-refractivity contribution in [3.63, 3.8) is 0 Å². The standard InChI is InChI=1S/C18H22N4O6/c1-10(23)22(13(17(25)26)4-3-7-21-18(19)20)14-9-16(24)28-15-8-11(27-2)5-6-12(14)15/h5-6,8-9,13H,3-4,7H2,1-2H3,(H,25,26)(H4,19,20,21). The summed E-state index contributed by atoms with van der Waals surface area (Å²) in [7, 11) is 1.46. The normalized spacial score (nSPS) is 11.6. The molecule has 0 aliphatic rings. The molecule has 0 saturated heterocycles.